The predicted octanol–water partition coefficient (Wildman–Crippen LogP) is 2.27. The standard InChI is InChI=1S/C11H11ClN2O2S/c12-7-3-4-8(9(15)5-7)13-11(17)14-10(16)6-1-2-6/h3-6,15H,1-2H2,(H2,13,14,16,17). The number of halogens is 1. The summed E-state index contributed by atoms with van der Waals surface area (Å²) >= 11 is 10.7. The second-order valence-electron chi connectivity index (χ2n) is 3.88. The quantitative estimate of drug-likeness (QED) is 0.570. The second-order valence-corrected chi connectivity index (χ2v) is 4.72. The monoisotopic (exact) mass is 270 g/mol. The summed E-state index contributed by atoms with van der Waals surface area (Å²) in [4.78, 5) is 11.4. The molecule has 2 rings (SSSR count). The molecule has 1 amide bonds. The van der Waals surface area contributed by atoms with E-state index < -0.39 is 0 Å². The molecule has 1 saturated carbocycles. The Kier molecular flexibility index (Phi) is 3.49. The Hall–Kier alpha value is -1.33. The van der Waals surface area contributed by atoms with Crippen LogP contribution in [-0.2, 0) is 4.79 Å². The first-order valence-corrected chi connectivity index (χ1v) is 5.95. The highest BCUT2D eigenvalue weighted by atomic mass is 35.5. The van der Waals surface area contributed by atoms with Crippen molar-refractivity contribution >= 4 is 40.5 Å². The molecule has 0 spiro atoms. The van der Waals surface area contributed by atoms with E-state index in [1.54, 1.807) is 12.1 Å². The van der Waals surface area contributed by atoms with Crippen LogP contribution in [0.25, 0.3) is 0 Å². The largest absolute Gasteiger partial charge is 0.506 e. The zero-order valence-corrected chi connectivity index (χ0v) is 10.4. The molecule has 1 aromatic carbocycles. The highest BCUT2D eigenvalue weighted by Crippen LogP contribution is 2.29. The van der Waals surface area contributed by atoms with Crippen LogP contribution in [0.3, 0.4) is 0 Å². The van der Waals surface area contributed by atoms with Gasteiger partial charge < -0.3 is 15.7 Å². The fourth-order valence-electron chi connectivity index (χ4n) is 1.32. The van der Waals surface area contributed by atoms with Gasteiger partial charge in [-0.25, -0.2) is 0 Å². The van der Waals surface area contributed by atoms with Gasteiger partial charge in [-0.2, -0.15) is 0 Å². The number of nitrogens with one attached hydrogen (secondary N) is 2. The summed E-state index contributed by atoms with van der Waals surface area (Å²) in [6.07, 6.45) is 1.83. The minimum atomic E-state index is -0.0732. The molecule has 0 heterocycles. The number of hydrogen-bond acceptors (Lipinski definition) is 3. The topological polar surface area (TPSA) is 61.4 Å². The van der Waals surface area contributed by atoms with E-state index in [1.807, 2.05) is 0 Å². The number of thiocarbonyl (C=S) groups is 1. The highest BCUT2D eigenvalue weighted by molar-refractivity contribution is 7.80. The molecule has 0 unspecified atom stereocenters. The lowest BCUT2D eigenvalue weighted by Gasteiger charge is -2.10. The Labute approximate surface area is 109 Å². The summed E-state index contributed by atoms with van der Waals surface area (Å²) < 4.78 is 0. The summed E-state index contributed by atoms with van der Waals surface area (Å²) in [5, 5.41) is 15.5. The molecule has 4 nitrogen and oxygen atoms in total. The van der Waals surface area contributed by atoms with Crippen LogP contribution in [-0.4, -0.2) is 16.1 Å². The van der Waals surface area contributed by atoms with Crippen LogP contribution in [0.1, 0.15) is 12.8 Å². The molecule has 17 heavy (non-hydrogen) atoms. The van der Waals surface area contributed by atoms with Crippen molar-refractivity contribution in [2.24, 2.45) is 5.92 Å². The lowest BCUT2D eigenvalue weighted by molar-refractivity contribution is -0.120. The lowest BCUT2D eigenvalue weighted by Crippen LogP contribution is -2.35. The van der Waals surface area contributed by atoms with Gasteiger partial charge in [0.1, 0.15) is 5.75 Å². The van der Waals surface area contributed by atoms with Gasteiger partial charge in [0, 0.05) is 17.0 Å². The normalized spacial score (nSPS) is 14.2. The molecule has 3 N–H and O–H groups in total. The number of anilines is 1. The van der Waals surface area contributed by atoms with Crippen LogP contribution >= 0.6 is 23.8 Å². The van der Waals surface area contributed by atoms with Gasteiger partial charge in [-0.05, 0) is 37.2 Å². The number of rotatable bonds is 2. The average Bonchev–Trinajstić information content (AvgIpc) is 3.05. The molecule has 1 aliphatic carbocycles. The van der Waals surface area contributed by atoms with Crippen LogP contribution in [0.5, 0.6) is 5.75 Å². The van der Waals surface area contributed by atoms with Crippen LogP contribution < -0.4 is 10.6 Å². The molecule has 0 saturated heterocycles. The van der Waals surface area contributed by atoms with E-state index >= 15 is 0 Å². The van der Waals surface area contributed by atoms with Crippen molar-refractivity contribution < 1.29 is 9.90 Å². The zero-order chi connectivity index (χ0) is 12.4. The summed E-state index contributed by atoms with van der Waals surface area (Å²) in [7, 11) is 0. The maximum atomic E-state index is 11.4. The number of phenolic OH excluding ortho intramolecular Hbond substituents is 1. The third-order valence-corrected chi connectivity index (χ3v) is 2.83. The van der Waals surface area contributed by atoms with Crippen molar-refractivity contribution in [1.82, 2.24) is 5.32 Å². The molecule has 0 aliphatic heterocycles. The molecule has 0 bridgehead atoms. The van der Waals surface area contributed by atoms with Crippen LogP contribution in [0.15, 0.2) is 18.2 Å². The van der Waals surface area contributed by atoms with Crippen LogP contribution in [0.4, 0.5) is 5.69 Å². The molecule has 6 heteroatoms. The summed E-state index contributed by atoms with van der Waals surface area (Å²) in [6.45, 7) is 0. The van der Waals surface area contributed by atoms with E-state index in [0.717, 1.165) is 12.8 Å². The van der Waals surface area contributed by atoms with E-state index in [9.17, 15) is 9.90 Å². The van der Waals surface area contributed by atoms with E-state index in [-0.39, 0.29) is 22.7 Å². The van der Waals surface area contributed by atoms with Gasteiger partial charge in [0.05, 0.1) is 5.69 Å². The van der Waals surface area contributed by atoms with Crippen LogP contribution in [0, 0.1) is 5.92 Å². The summed E-state index contributed by atoms with van der Waals surface area (Å²) in [5.74, 6) is 0.00467. The van der Waals surface area contributed by atoms with Gasteiger partial charge in [-0.3, -0.25) is 4.79 Å². The molecule has 1 aromatic rings. The molecular formula is C11H11ClN2O2S. The van der Waals surface area contributed by atoms with Crippen molar-refractivity contribution in [3.8, 4) is 5.75 Å². The first-order chi connectivity index (χ1) is 8.06. The van der Waals surface area contributed by atoms with Crippen molar-refractivity contribution in [3.05, 3.63) is 23.2 Å². The number of carbonyl (C=O) groups excluding carboxylic acids is 1. The first-order valence-electron chi connectivity index (χ1n) is 5.16. The predicted molar refractivity (Wildman–Crippen MR) is 70.2 cm³/mol. The van der Waals surface area contributed by atoms with Crippen molar-refractivity contribution in [1.29, 1.82) is 0 Å². The van der Waals surface area contributed by atoms with Gasteiger partial charge >= 0.3 is 0 Å². The molecule has 90 valence electrons. The van der Waals surface area contributed by atoms with Gasteiger partial charge in [-0.15, -0.1) is 0 Å². The molecule has 1 fully saturated rings. The molecule has 0 aromatic heterocycles. The van der Waals surface area contributed by atoms with Crippen molar-refractivity contribution in [2.45, 2.75) is 12.8 Å². The Morgan fingerprint density at radius 1 is 1.47 bits per heavy atom. The van der Waals surface area contributed by atoms with E-state index in [1.165, 1.54) is 6.07 Å². The van der Waals surface area contributed by atoms with E-state index in [0.29, 0.717) is 10.7 Å². The smallest absolute Gasteiger partial charge is 0.229 e. The van der Waals surface area contributed by atoms with Crippen molar-refractivity contribution in [2.75, 3.05) is 5.32 Å². The molecule has 0 radical (unpaired) electrons. The number of aromatic hydroxyl groups is 1. The Balaban J connectivity index is 1.95. The maximum absolute atomic E-state index is 11.4. The van der Waals surface area contributed by atoms with E-state index in [2.05, 4.69) is 10.6 Å². The number of amides is 1. The lowest BCUT2D eigenvalue weighted by atomic mass is 10.3. The number of phenols is 1. The molecule has 1 aliphatic rings. The third-order valence-electron chi connectivity index (χ3n) is 2.39. The minimum absolute atomic E-state index is 0.0134. The minimum Gasteiger partial charge on any atom is -0.506 e. The Morgan fingerprint density at radius 3 is 2.76 bits per heavy atom. The second kappa shape index (κ2) is 4.89. The Morgan fingerprint density at radius 2 is 2.18 bits per heavy atom. The average molecular weight is 271 g/mol. The van der Waals surface area contributed by atoms with Crippen molar-refractivity contribution in [3.63, 3.8) is 0 Å². The highest BCUT2D eigenvalue weighted by Gasteiger charge is 2.30. The Bertz CT molecular complexity index is 475. The van der Waals surface area contributed by atoms with E-state index in [4.69, 9.17) is 23.8 Å². The van der Waals surface area contributed by atoms with Gasteiger partial charge in [-0.1, -0.05) is 11.6 Å². The van der Waals surface area contributed by atoms with Gasteiger partial charge in [0.25, 0.3) is 0 Å². The number of carbonyl (C=O) groups is 1. The first kappa shape index (κ1) is 12.1. The number of benzene rings is 1. The fraction of sp³-hybridized carbons (Fsp3) is 0.273. The maximum Gasteiger partial charge on any atom is 0.229 e. The summed E-state index contributed by atoms with van der Waals surface area (Å²) in [5.41, 5.74) is 0.412. The van der Waals surface area contributed by atoms with Gasteiger partial charge in [0.15, 0.2) is 5.11 Å². The molecular weight excluding hydrogens is 260 g/mol. The SMILES string of the molecule is O=C(NC(=S)Nc1ccc(Cl)cc1O)C1CC1. The summed E-state index contributed by atoms with van der Waals surface area (Å²) in [6, 6.07) is 4.61. The fourth-order valence-corrected chi connectivity index (χ4v) is 1.70. The molecule has 0 atom stereocenters. The van der Waals surface area contributed by atoms with Gasteiger partial charge in [0.2, 0.25) is 5.91 Å². The van der Waals surface area contributed by atoms with Crippen LogP contribution in [0.2, 0.25) is 5.02 Å². The zero-order valence-electron chi connectivity index (χ0n) is 8.87. The third kappa shape index (κ3) is 3.31. The number of hydrogen-bond donors (Lipinski definition) is 3.